The topological polar surface area (TPSA) is 79.5 Å². The number of rotatable bonds is 3. The molecular weight excluding hydrogens is 486 g/mol. The highest BCUT2D eigenvalue weighted by Gasteiger charge is 2.46. The van der Waals surface area contributed by atoms with E-state index in [4.69, 9.17) is 4.74 Å². The molecule has 0 radical (unpaired) electrons. The molecule has 2 aromatic rings. The minimum absolute atomic E-state index is 0.200. The molecule has 160 valence electrons. The van der Waals surface area contributed by atoms with Crippen LogP contribution in [0.3, 0.4) is 0 Å². The second-order valence-electron chi connectivity index (χ2n) is 8.57. The smallest absolute Gasteiger partial charge is 0.342 e. The Kier molecular flexibility index (Phi) is 5.20. The van der Waals surface area contributed by atoms with Crippen molar-refractivity contribution in [3.8, 4) is 0 Å². The number of amides is 2. The highest BCUT2D eigenvalue weighted by Crippen LogP contribution is 2.51. The number of carbonyl (C=O) groups is 2. The Morgan fingerprint density at radius 3 is 2.97 bits per heavy atom. The molecule has 0 bridgehead atoms. The zero-order chi connectivity index (χ0) is 21.0. The van der Waals surface area contributed by atoms with E-state index in [-0.39, 0.29) is 17.9 Å². The summed E-state index contributed by atoms with van der Waals surface area (Å²) >= 11 is 6.90. The number of hydrogen-bond donors (Lipinski definition) is 3. The van der Waals surface area contributed by atoms with Crippen molar-refractivity contribution in [3.05, 3.63) is 35.8 Å². The molecule has 1 atom stereocenters. The zero-order valence-corrected chi connectivity index (χ0v) is 20.2. The number of anilines is 1. The van der Waals surface area contributed by atoms with Gasteiger partial charge in [0.05, 0.1) is 9.35 Å². The van der Waals surface area contributed by atoms with Crippen LogP contribution in [0, 0.1) is 0 Å². The number of urea groups is 1. The lowest BCUT2D eigenvalue weighted by Crippen LogP contribution is -2.41. The monoisotopic (exact) mass is 509 g/mol. The number of thiophene rings is 2. The fraction of sp³-hybridized carbons (Fsp3) is 0.524. The molecule has 0 saturated carbocycles. The molecule has 3 N–H and O–H groups in total. The number of fused-ring (bicyclic) bond motifs is 1. The predicted molar refractivity (Wildman–Crippen MR) is 123 cm³/mol. The van der Waals surface area contributed by atoms with Gasteiger partial charge in [-0.3, -0.25) is 5.32 Å². The number of aryl methyl sites for hydroxylation is 1. The van der Waals surface area contributed by atoms with Gasteiger partial charge in [-0.1, -0.05) is 0 Å². The number of hydrogen-bond acceptors (Lipinski definition) is 6. The molecule has 0 spiro atoms. The maximum absolute atomic E-state index is 12.8. The zero-order valence-electron chi connectivity index (χ0n) is 16.9. The lowest BCUT2D eigenvalue weighted by molar-refractivity contribution is -0.0234. The van der Waals surface area contributed by atoms with Crippen LogP contribution < -0.4 is 16.0 Å². The molecule has 6 nitrogen and oxygen atoms in total. The fourth-order valence-corrected chi connectivity index (χ4v) is 8.17. The van der Waals surface area contributed by atoms with Gasteiger partial charge in [-0.25, -0.2) is 9.59 Å². The maximum atomic E-state index is 12.8. The molecule has 2 amide bonds. The van der Waals surface area contributed by atoms with Gasteiger partial charge in [-0.05, 0) is 78.7 Å². The quantitative estimate of drug-likeness (QED) is 0.513. The fourth-order valence-electron chi connectivity index (χ4n) is 4.86. The van der Waals surface area contributed by atoms with E-state index in [1.54, 1.807) is 11.3 Å². The van der Waals surface area contributed by atoms with Gasteiger partial charge in [0.2, 0.25) is 0 Å². The van der Waals surface area contributed by atoms with Crippen molar-refractivity contribution in [1.82, 2.24) is 10.6 Å². The average molecular weight is 510 g/mol. The van der Waals surface area contributed by atoms with Crippen LogP contribution in [-0.4, -0.2) is 24.1 Å². The number of carbonyl (C=O) groups excluding carboxylic acids is 2. The van der Waals surface area contributed by atoms with Gasteiger partial charge in [0.1, 0.15) is 10.6 Å². The molecule has 30 heavy (non-hydrogen) atoms. The van der Waals surface area contributed by atoms with Crippen molar-refractivity contribution in [3.63, 3.8) is 0 Å². The van der Waals surface area contributed by atoms with Gasteiger partial charge in [0.25, 0.3) is 0 Å². The number of cyclic esters (lactones) is 1. The van der Waals surface area contributed by atoms with Gasteiger partial charge in [0.15, 0.2) is 0 Å². The third kappa shape index (κ3) is 3.39. The third-order valence-corrected chi connectivity index (χ3v) is 9.51. The molecule has 5 rings (SSSR count). The Balaban J connectivity index is 1.35. The summed E-state index contributed by atoms with van der Waals surface area (Å²) in [7, 11) is 0. The van der Waals surface area contributed by atoms with E-state index in [9.17, 15) is 9.59 Å². The first-order valence-corrected chi connectivity index (χ1v) is 12.7. The van der Waals surface area contributed by atoms with Gasteiger partial charge >= 0.3 is 12.0 Å². The molecule has 0 aromatic carbocycles. The molecule has 2 aliphatic heterocycles. The largest absolute Gasteiger partial charge is 0.455 e. The first-order valence-electron chi connectivity index (χ1n) is 10.3. The lowest BCUT2D eigenvalue weighted by atomic mass is 9.74. The average Bonchev–Trinajstić information content (AvgIpc) is 3.21. The summed E-state index contributed by atoms with van der Waals surface area (Å²) in [6.07, 6.45) is 4.02. The molecular formula is C21H24BrN3O3S2. The highest BCUT2D eigenvalue weighted by molar-refractivity contribution is 9.11. The Hall–Kier alpha value is -1.42. The molecule has 9 heteroatoms. The molecule has 2 aromatic heterocycles. The van der Waals surface area contributed by atoms with Crippen LogP contribution in [-0.2, 0) is 30.7 Å². The Bertz CT molecular complexity index is 1040. The first kappa shape index (κ1) is 20.5. The van der Waals surface area contributed by atoms with E-state index in [0.29, 0.717) is 17.1 Å². The second-order valence-corrected chi connectivity index (χ2v) is 12.1. The second kappa shape index (κ2) is 7.62. The van der Waals surface area contributed by atoms with Crippen LogP contribution >= 0.6 is 38.6 Å². The van der Waals surface area contributed by atoms with Crippen LogP contribution in [0.1, 0.15) is 69.4 Å². The van der Waals surface area contributed by atoms with Crippen LogP contribution in [0.15, 0.2) is 3.79 Å². The van der Waals surface area contributed by atoms with E-state index in [2.05, 4.69) is 31.9 Å². The normalized spacial score (nSPS) is 21.4. The van der Waals surface area contributed by atoms with Crippen molar-refractivity contribution >= 4 is 55.6 Å². The van der Waals surface area contributed by atoms with Crippen molar-refractivity contribution < 1.29 is 14.3 Å². The van der Waals surface area contributed by atoms with Gasteiger partial charge < -0.3 is 15.4 Å². The summed E-state index contributed by atoms with van der Waals surface area (Å²) in [6.45, 7) is 6.27. The summed E-state index contributed by atoms with van der Waals surface area (Å²) in [5.41, 5.74) is 3.65. The maximum Gasteiger partial charge on any atom is 0.342 e. The van der Waals surface area contributed by atoms with E-state index in [0.717, 1.165) is 53.7 Å². The predicted octanol–water partition coefficient (Wildman–Crippen LogP) is 4.91. The number of nitrogens with one attached hydrogen (secondary N) is 3. The Morgan fingerprint density at radius 1 is 1.30 bits per heavy atom. The molecule has 3 aliphatic rings. The Morgan fingerprint density at radius 2 is 2.13 bits per heavy atom. The van der Waals surface area contributed by atoms with E-state index >= 15 is 0 Å². The van der Waals surface area contributed by atoms with Crippen molar-refractivity contribution in [1.29, 1.82) is 0 Å². The summed E-state index contributed by atoms with van der Waals surface area (Å²) < 4.78 is 6.83. The lowest BCUT2D eigenvalue weighted by Gasteiger charge is -2.40. The van der Waals surface area contributed by atoms with Crippen molar-refractivity contribution in [2.45, 2.75) is 64.1 Å². The minimum Gasteiger partial charge on any atom is -0.455 e. The SMILES string of the molecule is CC1(C)OC(=O)c2c(NC(=O)NCc3c(Br)sc4c3CCNC4)sc3c2C1CCC3. The standard InChI is InChI=1S/C21H24BrN3O3S2/c1-21(2)12-4-3-5-13-15(12)16(19(26)28-21)18(30-13)25-20(27)24-8-11-10-6-7-23-9-14(10)29-17(11)22/h12,23H,3-9H2,1-2H3,(H2,24,25,27). The summed E-state index contributed by atoms with van der Waals surface area (Å²) in [5.74, 6) is -0.126. The number of esters is 1. The van der Waals surface area contributed by atoms with Crippen LogP contribution in [0.4, 0.5) is 9.80 Å². The highest BCUT2D eigenvalue weighted by atomic mass is 79.9. The molecule has 1 unspecified atom stereocenters. The van der Waals surface area contributed by atoms with Crippen LogP contribution in [0.5, 0.6) is 0 Å². The summed E-state index contributed by atoms with van der Waals surface area (Å²) in [4.78, 5) is 28.0. The van der Waals surface area contributed by atoms with E-state index < -0.39 is 5.60 Å². The van der Waals surface area contributed by atoms with Gasteiger partial charge in [-0.2, -0.15) is 0 Å². The molecule has 1 aliphatic carbocycles. The molecule has 4 heterocycles. The Labute approximate surface area is 191 Å². The van der Waals surface area contributed by atoms with E-state index in [1.807, 2.05) is 13.8 Å². The molecule has 0 fully saturated rings. The van der Waals surface area contributed by atoms with Crippen molar-refractivity contribution in [2.75, 3.05) is 11.9 Å². The summed E-state index contributed by atoms with van der Waals surface area (Å²) in [6, 6.07) is -0.292. The first-order chi connectivity index (χ1) is 14.3. The van der Waals surface area contributed by atoms with Crippen molar-refractivity contribution in [2.24, 2.45) is 0 Å². The number of halogens is 1. The van der Waals surface area contributed by atoms with Gasteiger partial charge in [-0.15, -0.1) is 22.7 Å². The van der Waals surface area contributed by atoms with Crippen LogP contribution in [0.25, 0.3) is 0 Å². The van der Waals surface area contributed by atoms with Crippen LogP contribution in [0.2, 0.25) is 0 Å². The summed E-state index contributed by atoms with van der Waals surface area (Å²) in [5, 5.41) is 9.91. The van der Waals surface area contributed by atoms with E-state index in [1.165, 1.54) is 26.7 Å². The molecule has 0 saturated heterocycles. The van der Waals surface area contributed by atoms with Gasteiger partial charge in [0, 0.05) is 28.8 Å². The third-order valence-electron chi connectivity index (χ3n) is 6.31. The minimum atomic E-state index is -0.501. The number of ether oxygens (including phenoxy) is 1.